The number of nitrogens with zero attached hydrogens (tertiary/aromatic N) is 2. The number of para-hydroxylation sites is 1. The largest absolute Gasteiger partial charge is 0.454 e. The summed E-state index contributed by atoms with van der Waals surface area (Å²) in [6, 6.07) is 13.9. The van der Waals surface area contributed by atoms with Gasteiger partial charge in [0.1, 0.15) is 5.01 Å². The van der Waals surface area contributed by atoms with Gasteiger partial charge in [-0.1, -0.05) is 12.1 Å². The van der Waals surface area contributed by atoms with Gasteiger partial charge in [-0.25, -0.2) is 4.98 Å². The van der Waals surface area contributed by atoms with Gasteiger partial charge in [0.15, 0.2) is 11.5 Å². The van der Waals surface area contributed by atoms with Crippen LogP contribution >= 0.6 is 11.3 Å². The highest BCUT2D eigenvalue weighted by Gasteiger charge is 2.30. The van der Waals surface area contributed by atoms with Crippen LogP contribution in [0.2, 0.25) is 0 Å². The van der Waals surface area contributed by atoms with E-state index in [-0.39, 0.29) is 18.7 Å². The summed E-state index contributed by atoms with van der Waals surface area (Å²) in [5.41, 5.74) is 1.76. The zero-order chi connectivity index (χ0) is 18.2. The number of ether oxygens (including phenoxy) is 2. The third-order valence-electron chi connectivity index (χ3n) is 4.96. The van der Waals surface area contributed by atoms with E-state index in [4.69, 9.17) is 14.5 Å². The number of fused-ring (bicyclic) bond motifs is 2. The van der Waals surface area contributed by atoms with E-state index in [1.54, 1.807) is 17.4 Å². The zero-order valence-electron chi connectivity index (χ0n) is 14.7. The van der Waals surface area contributed by atoms with E-state index in [0.717, 1.165) is 35.6 Å². The molecule has 1 atom stereocenters. The molecule has 0 radical (unpaired) electrons. The van der Waals surface area contributed by atoms with Crippen LogP contribution in [0.25, 0.3) is 10.2 Å². The Kier molecular flexibility index (Phi) is 4.18. The van der Waals surface area contributed by atoms with Crippen LogP contribution in [0.3, 0.4) is 0 Å². The lowest BCUT2D eigenvalue weighted by Gasteiger charge is -2.22. The Balaban J connectivity index is 1.28. The molecule has 1 N–H and O–H groups in total. The molecule has 1 amide bonds. The molecule has 0 unspecified atom stereocenters. The molecule has 0 bridgehead atoms. The van der Waals surface area contributed by atoms with Crippen molar-refractivity contribution in [1.82, 2.24) is 9.88 Å². The fraction of sp³-hybridized carbons (Fsp3) is 0.300. The second-order valence-corrected chi connectivity index (χ2v) is 7.83. The van der Waals surface area contributed by atoms with Gasteiger partial charge in [0.2, 0.25) is 12.7 Å². The summed E-state index contributed by atoms with van der Waals surface area (Å²) in [5, 5.41) is 4.07. The summed E-state index contributed by atoms with van der Waals surface area (Å²) in [5.74, 6) is 1.35. The minimum absolute atomic E-state index is 0.0260. The lowest BCUT2D eigenvalue weighted by molar-refractivity contribution is -0.117. The molecule has 2 aromatic carbocycles. The second kappa shape index (κ2) is 6.83. The van der Waals surface area contributed by atoms with Crippen molar-refractivity contribution in [3.8, 4) is 11.5 Å². The number of carbonyl (C=O) groups is 1. The Morgan fingerprint density at radius 3 is 3.04 bits per heavy atom. The van der Waals surface area contributed by atoms with E-state index in [2.05, 4.69) is 16.3 Å². The topological polar surface area (TPSA) is 63.7 Å². The summed E-state index contributed by atoms with van der Waals surface area (Å²) < 4.78 is 11.9. The average molecular weight is 381 g/mol. The number of thiazole rings is 1. The summed E-state index contributed by atoms with van der Waals surface area (Å²) in [6.45, 7) is 1.49. The van der Waals surface area contributed by atoms with Crippen molar-refractivity contribution in [3.05, 3.63) is 47.5 Å². The first-order chi connectivity index (χ1) is 13.3. The first-order valence-electron chi connectivity index (χ1n) is 9.05. The monoisotopic (exact) mass is 381 g/mol. The molecule has 0 saturated carbocycles. The van der Waals surface area contributed by atoms with Crippen LogP contribution in [0.5, 0.6) is 11.5 Å². The third kappa shape index (κ3) is 3.24. The molecule has 1 fully saturated rings. The Morgan fingerprint density at radius 2 is 2.11 bits per heavy atom. The van der Waals surface area contributed by atoms with Crippen LogP contribution in [0.4, 0.5) is 5.69 Å². The molecule has 27 heavy (non-hydrogen) atoms. The van der Waals surface area contributed by atoms with Crippen molar-refractivity contribution in [1.29, 1.82) is 0 Å². The van der Waals surface area contributed by atoms with Gasteiger partial charge in [0, 0.05) is 11.8 Å². The Bertz CT molecular complexity index is 970. The fourth-order valence-electron chi connectivity index (χ4n) is 3.69. The minimum atomic E-state index is -0.0260. The molecule has 3 heterocycles. The number of rotatable bonds is 4. The Morgan fingerprint density at radius 1 is 1.22 bits per heavy atom. The number of carbonyl (C=O) groups excluding carboxylic acids is 1. The number of anilines is 1. The predicted molar refractivity (Wildman–Crippen MR) is 104 cm³/mol. The van der Waals surface area contributed by atoms with Gasteiger partial charge in [-0.15, -0.1) is 11.3 Å². The predicted octanol–water partition coefficient (Wildman–Crippen LogP) is 3.80. The lowest BCUT2D eigenvalue weighted by atomic mass is 10.2. The summed E-state index contributed by atoms with van der Waals surface area (Å²) in [6.07, 6.45) is 2.12. The molecule has 1 aromatic heterocycles. The number of nitrogens with one attached hydrogen (secondary N) is 1. The van der Waals surface area contributed by atoms with Crippen molar-refractivity contribution >= 4 is 33.1 Å². The van der Waals surface area contributed by atoms with E-state index in [9.17, 15) is 4.79 Å². The molecule has 0 aliphatic carbocycles. The number of aromatic nitrogens is 1. The quantitative estimate of drug-likeness (QED) is 0.745. The molecule has 5 rings (SSSR count). The first kappa shape index (κ1) is 16.5. The number of likely N-dealkylation sites (tertiary alicyclic amines) is 1. The van der Waals surface area contributed by atoms with Crippen LogP contribution in [-0.2, 0) is 4.79 Å². The van der Waals surface area contributed by atoms with Crippen LogP contribution in [0.1, 0.15) is 23.9 Å². The molecule has 7 heteroatoms. The molecule has 1 saturated heterocycles. The minimum Gasteiger partial charge on any atom is -0.454 e. The summed E-state index contributed by atoms with van der Waals surface area (Å²) in [4.78, 5) is 19.6. The maximum Gasteiger partial charge on any atom is 0.238 e. The van der Waals surface area contributed by atoms with Crippen molar-refractivity contribution in [3.63, 3.8) is 0 Å². The molecule has 2 aliphatic rings. The van der Waals surface area contributed by atoms with Gasteiger partial charge < -0.3 is 14.8 Å². The highest BCUT2D eigenvalue weighted by molar-refractivity contribution is 7.18. The molecule has 0 spiro atoms. The van der Waals surface area contributed by atoms with E-state index in [0.29, 0.717) is 18.0 Å². The molecule has 138 valence electrons. The zero-order valence-corrected chi connectivity index (χ0v) is 15.5. The SMILES string of the molecule is O=C(CN1CCC[C@@H]1c1nc2ccccc2s1)Nc1ccc2c(c1)OCO2. The average Bonchev–Trinajstić information content (AvgIpc) is 3.39. The van der Waals surface area contributed by atoms with Crippen molar-refractivity contribution < 1.29 is 14.3 Å². The van der Waals surface area contributed by atoms with Gasteiger partial charge in [-0.2, -0.15) is 0 Å². The molecule has 6 nitrogen and oxygen atoms in total. The van der Waals surface area contributed by atoms with Gasteiger partial charge in [0.05, 0.1) is 22.8 Å². The van der Waals surface area contributed by atoms with Crippen LogP contribution < -0.4 is 14.8 Å². The number of hydrogen-bond acceptors (Lipinski definition) is 6. The van der Waals surface area contributed by atoms with Gasteiger partial charge in [-0.05, 0) is 43.7 Å². The molecule has 2 aliphatic heterocycles. The van der Waals surface area contributed by atoms with E-state index in [1.807, 2.05) is 30.3 Å². The number of amides is 1. The maximum atomic E-state index is 12.6. The standard InChI is InChI=1S/C20H19N3O3S/c24-19(21-13-7-8-16-17(10-13)26-12-25-16)11-23-9-3-5-15(23)20-22-14-4-1-2-6-18(14)27-20/h1-2,4,6-8,10,15H,3,5,9,11-12H2,(H,21,24)/t15-/m1/s1. The van der Waals surface area contributed by atoms with Gasteiger partial charge in [-0.3, -0.25) is 9.69 Å². The van der Waals surface area contributed by atoms with Crippen LogP contribution in [0, 0.1) is 0 Å². The van der Waals surface area contributed by atoms with Crippen molar-refractivity contribution in [2.45, 2.75) is 18.9 Å². The number of hydrogen-bond donors (Lipinski definition) is 1. The van der Waals surface area contributed by atoms with E-state index >= 15 is 0 Å². The van der Waals surface area contributed by atoms with Gasteiger partial charge >= 0.3 is 0 Å². The van der Waals surface area contributed by atoms with Crippen molar-refractivity contribution in [2.24, 2.45) is 0 Å². The fourth-order valence-corrected chi connectivity index (χ4v) is 4.82. The van der Waals surface area contributed by atoms with E-state index in [1.165, 1.54) is 4.70 Å². The first-order valence-corrected chi connectivity index (χ1v) is 9.87. The maximum absolute atomic E-state index is 12.6. The third-order valence-corrected chi connectivity index (χ3v) is 6.10. The van der Waals surface area contributed by atoms with Crippen molar-refractivity contribution in [2.75, 3.05) is 25.2 Å². The van der Waals surface area contributed by atoms with Gasteiger partial charge in [0.25, 0.3) is 0 Å². The molecular formula is C20H19N3O3S. The smallest absolute Gasteiger partial charge is 0.238 e. The Labute approximate surface area is 160 Å². The Hall–Kier alpha value is -2.64. The summed E-state index contributed by atoms with van der Waals surface area (Å²) >= 11 is 1.73. The number of benzene rings is 2. The highest BCUT2D eigenvalue weighted by Crippen LogP contribution is 2.37. The van der Waals surface area contributed by atoms with Crippen LogP contribution in [-0.4, -0.2) is 35.7 Å². The lowest BCUT2D eigenvalue weighted by Crippen LogP contribution is -2.32. The highest BCUT2D eigenvalue weighted by atomic mass is 32.1. The second-order valence-electron chi connectivity index (χ2n) is 6.76. The summed E-state index contributed by atoms with van der Waals surface area (Å²) in [7, 11) is 0. The molecule has 3 aromatic rings. The molecular weight excluding hydrogens is 362 g/mol. The normalized spacial score (nSPS) is 18.9. The van der Waals surface area contributed by atoms with Crippen LogP contribution in [0.15, 0.2) is 42.5 Å². The van der Waals surface area contributed by atoms with E-state index < -0.39 is 0 Å².